The summed E-state index contributed by atoms with van der Waals surface area (Å²) in [5, 5.41) is 0. The fourth-order valence-corrected chi connectivity index (χ4v) is 0. The maximum Gasteiger partial charge on any atom is 1.00 e. The second-order valence-electron chi connectivity index (χ2n) is 0.378. The zero-order valence-electron chi connectivity index (χ0n) is 3.01. The van der Waals surface area contributed by atoms with Crippen LogP contribution in [-0.4, -0.2) is 0 Å². The summed E-state index contributed by atoms with van der Waals surface area (Å²) in [4.78, 5) is 0. The molecule has 0 aromatic heterocycles. The zero-order valence-corrected chi connectivity index (χ0v) is 6.89. The molecule has 32 valence electrons. The molecular formula is ClKO4. The predicted molar refractivity (Wildman–Crippen MR) is 0 cm³/mol. The van der Waals surface area contributed by atoms with E-state index in [1.807, 2.05) is 0 Å². The first-order valence-corrected chi connectivity index (χ1v) is 1.85. The molecule has 0 unspecified atom stereocenters. The van der Waals surface area contributed by atoms with Gasteiger partial charge in [0.15, 0.2) is 0 Å². The number of hydrogen-bond donors (Lipinski definition) is 0. The van der Waals surface area contributed by atoms with Crippen molar-refractivity contribution in [3.05, 3.63) is 0 Å². The van der Waals surface area contributed by atoms with Gasteiger partial charge in [-0.15, -0.1) is 10.2 Å². The third kappa shape index (κ3) is 42.0. The summed E-state index contributed by atoms with van der Waals surface area (Å²) in [6.07, 6.45) is 0. The van der Waals surface area contributed by atoms with Crippen LogP contribution in [0.15, 0.2) is 0 Å². The van der Waals surface area contributed by atoms with E-state index in [9.17, 15) is 0 Å². The molecule has 0 amide bonds. The summed E-state index contributed by atoms with van der Waals surface area (Å²) in [5.74, 6) is 0. The Balaban J connectivity index is 0. The second-order valence-corrected chi connectivity index (χ2v) is 1.13. The van der Waals surface area contributed by atoms with E-state index in [1.54, 1.807) is 0 Å². The van der Waals surface area contributed by atoms with Crippen molar-refractivity contribution in [2.75, 3.05) is 0 Å². The average Bonchev–Trinajstić information content (AvgIpc) is 0.722. The van der Waals surface area contributed by atoms with Crippen molar-refractivity contribution in [1.29, 1.82) is 0 Å². The Morgan fingerprint density at radius 3 is 0.833 bits per heavy atom. The summed E-state index contributed by atoms with van der Waals surface area (Å²) in [7, 11) is -4.94. The molecule has 0 aliphatic carbocycles. The molecule has 0 rings (SSSR count). The topological polar surface area (TPSA) is 92.2 Å². The third-order valence-electron chi connectivity index (χ3n) is 0. The monoisotopic (exact) mass is 146 g/mol. The van der Waals surface area contributed by atoms with Gasteiger partial charge in [0.25, 0.3) is 0 Å². The van der Waals surface area contributed by atoms with Gasteiger partial charge in [-0.2, -0.15) is 0 Å². The minimum absolute atomic E-state index is 0. The maximum atomic E-state index is 8.49. The van der Waals surface area contributed by atoms with Gasteiger partial charge in [0, 0.05) is 0 Å². The first kappa shape index (κ1) is 10.7. The number of rotatable bonds is 0. The van der Waals surface area contributed by atoms with Crippen molar-refractivity contribution in [2.45, 2.75) is 0 Å². The first-order chi connectivity index (χ1) is 2.00. The Morgan fingerprint density at radius 2 is 0.833 bits per heavy atom. The van der Waals surface area contributed by atoms with Crippen LogP contribution in [0.25, 0.3) is 0 Å². The molecule has 0 spiro atoms. The van der Waals surface area contributed by atoms with Crippen LogP contribution >= 0.6 is 0 Å². The summed E-state index contributed by atoms with van der Waals surface area (Å²) < 4.78 is 34.0. The van der Waals surface area contributed by atoms with Gasteiger partial charge in [0.05, 0.1) is 0 Å². The van der Waals surface area contributed by atoms with Gasteiger partial charge in [-0.1, -0.05) is 0 Å². The largest absolute Gasteiger partial charge is 1.00 e. The molecule has 0 saturated heterocycles. The third-order valence-corrected chi connectivity index (χ3v) is 0. The molecular weight excluding hydrogens is 147 g/mol. The van der Waals surface area contributed by atoms with E-state index in [-0.39, 0.29) is 51.4 Å². The van der Waals surface area contributed by atoms with Crippen molar-refractivity contribution in [1.82, 2.24) is 0 Å². The van der Waals surface area contributed by atoms with Gasteiger partial charge >= 0.3 is 51.4 Å². The molecule has 0 radical (unpaired) electrons. The minimum atomic E-state index is -4.94. The molecule has 0 heterocycles. The summed E-state index contributed by atoms with van der Waals surface area (Å²) in [6.45, 7) is 0. The van der Waals surface area contributed by atoms with E-state index in [1.165, 1.54) is 0 Å². The Hall–Kier alpha value is 1.77. The van der Waals surface area contributed by atoms with E-state index in [0.717, 1.165) is 0 Å². The molecule has 6 heavy (non-hydrogen) atoms. The molecule has 0 saturated carbocycles. The average molecular weight is 147 g/mol. The van der Waals surface area contributed by atoms with E-state index in [0.29, 0.717) is 0 Å². The number of hydrogen-bond acceptors (Lipinski definition) is 4. The Labute approximate surface area is 78.9 Å². The van der Waals surface area contributed by atoms with E-state index in [2.05, 4.69) is 0 Å². The second kappa shape index (κ2) is 3.73. The normalized spacial score (nSPS) is 10.0. The maximum absolute atomic E-state index is 8.49. The van der Waals surface area contributed by atoms with Crippen LogP contribution in [0, 0.1) is 10.2 Å². The van der Waals surface area contributed by atoms with Crippen molar-refractivity contribution >= 4 is 0 Å². The molecule has 0 aliphatic rings. The molecule has 0 atom stereocenters. The van der Waals surface area contributed by atoms with Crippen LogP contribution in [0.2, 0.25) is 0 Å². The standard InChI is InChI=1S/ClHO4.K/c2-1(3,4)5;/h(H,2,3,4,5);/q;+1/p-1/i2+2,3+2,4+2,5+2;. The van der Waals surface area contributed by atoms with Crippen LogP contribution in [0.5, 0.6) is 0 Å². The van der Waals surface area contributed by atoms with Crippen LogP contribution in [0.1, 0.15) is 0 Å². The van der Waals surface area contributed by atoms with Crippen molar-refractivity contribution in [3.8, 4) is 0 Å². The molecule has 6 heteroatoms. The van der Waals surface area contributed by atoms with Crippen LogP contribution in [0.3, 0.4) is 0 Å². The van der Waals surface area contributed by atoms with Gasteiger partial charge in [-0.05, 0) is 0 Å². The van der Waals surface area contributed by atoms with Crippen LogP contribution in [-0.2, 0) is 0 Å². The van der Waals surface area contributed by atoms with Gasteiger partial charge in [0.2, 0.25) is 0 Å². The molecule has 0 aromatic carbocycles. The van der Waals surface area contributed by atoms with Gasteiger partial charge in [-0.25, -0.2) is 18.6 Å². The smallest absolute Gasteiger partial charge is 0.222 e. The fraction of sp³-hybridized carbons (Fsp3) is 0. The molecule has 0 bridgehead atoms. The quantitative estimate of drug-likeness (QED) is 0.251. The fourth-order valence-electron chi connectivity index (χ4n) is 0. The summed E-state index contributed by atoms with van der Waals surface area (Å²) in [6, 6.07) is 0. The molecule has 4 nitrogen and oxygen atoms in total. The van der Waals surface area contributed by atoms with Crippen LogP contribution < -0.4 is 70.0 Å². The van der Waals surface area contributed by atoms with Crippen molar-refractivity contribution in [2.24, 2.45) is 0 Å². The molecule has 0 aliphatic heterocycles. The van der Waals surface area contributed by atoms with Crippen LogP contribution in [0.4, 0.5) is 0 Å². The zero-order chi connectivity index (χ0) is 4.50. The molecule has 0 fully saturated rings. The predicted octanol–water partition coefficient (Wildman–Crippen LogP) is -7.75. The summed E-state index contributed by atoms with van der Waals surface area (Å²) >= 11 is 0. The van der Waals surface area contributed by atoms with Crippen molar-refractivity contribution in [3.63, 3.8) is 0 Å². The molecule has 0 N–H and O–H groups in total. The Bertz CT molecular complexity index is 23.0. The van der Waals surface area contributed by atoms with E-state index < -0.39 is 10.2 Å². The Kier molecular flexibility index (Phi) is 6.65. The van der Waals surface area contributed by atoms with E-state index >= 15 is 0 Å². The minimum Gasteiger partial charge on any atom is -0.222 e. The van der Waals surface area contributed by atoms with E-state index in [4.69, 9.17) is 18.6 Å². The number of halogens is 1. The van der Waals surface area contributed by atoms with Gasteiger partial charge in [-0.3, -0.25) is 0 Å². The van der Waals surface area contributed by atoms with Gasteiger partial charge in [0.1, 0.15) is 0 Å². The first-order valence-electron chi connectivity index (χ1n) is 0.617. The molecule has 0 aromatic rings. The SMILES string of the molecule is [18O-][Cl+3]([18O-])([18O-])[18O-].[K+]. The van der Waals surface area contributed by atoms with Gasteiger partial charge < -0.3 is 0 Å². The summed E-state index contributed by atoms with van der Waals surface area (Å²) in [5.41, 5.74) is 0. The Morgan fingerprint density at radius 1 is 0.833 bits per heavy atom. The van der Waals surface area contributed by atoms with Crippen molar-refractivity contribution < 1.29 is 80.3 Å².